The van der Waals surface area contributed by atoms with Crippen LogP contribution in [0.15, 0.2) is 23.5 Å². The maximum Gasteiger partial charge on any atom is 0.372 e. The Labute approximate surface area is 123 Å². The minimum Gasteiger partial charge on any atom is -1.00 e. The average molecular weight is 361 g/mol. The second-order valence-corrected chi connectivity index (χ2v) is 4.65. The number of aromatic nitrogens is 1. The molecule has 0 radical (unpaired) electrons. The third-order valence-electron chi connectivity index (χ3n) is 3.02. The van der Waals surface area contributed by atoms with Crippen LogP contribution in [-0.4, -0.2) is 46.1 Å². The Morgan fingerprint density at radius 1 is 1.56 bits per heavy atom. The highest BCUT2D eigenvalue weighted by Gasteiger charge is 2.40. The van der Waals surface area contributed by atoms with Crippen LogP contribution in [0.1, 0.15) is 25.1 Å². The van der Waals surface area contributed by atoms with Crippen molar-refractivity contribution in [1.82, 2.24) is 4.98 Å². The Morgan fingerprint density at radius 3 is 2.83 bits per heavy atom. The van der Waals surface area contributed by atoms with E-state index in [1.807, 2.05) is 19.2 Å². The smallest absolute Gasteiger partial charge is 0.372 e. The third-order valence-corrected chi connectivity index (χ3v) is 3.02. The summed E-state index contributed by atoms with van der Waals surface area (Å²) in [7, 11) is 1.98. The molecule has 1 aromatic rings. The van der Waals surface area contributed by atoms with E-state index in [-0.39, 0.29) is 29.5 Å². The normalized spacial score (nSPS) is 17.7. The molecule has 6 heteroatoms. The summed E-state index contributed by atoms with van der Waals surface area (Å²) >= 11 is 0. The van der Waals surface area contributed by atoms with E-state index in [4.69, 9.17) is 9.94 Å². The molecule has 18 heavy (non-hydrogen) atoms. The lowest BCUT2D eigenvalue weighted by Gasteiger charge is -2.09. The Hall–Kier alpha value is -1.18. The zero-order valence-corrected chi connectivity index (χ0v) is 12.7. The van der Waals surface area contributed by atoms with Gasteiger partial charge in [0.1, 0.15) is 18.3 Å². The molecule has 2 heterocycles. The first-order valence-corrected chi connectivity index (χ1v) is 5.42. The molecule has 0 saturated heterocycles. The fraction of sp³-hybridized carbons (Fsp3) is 0.417. The molecule has 5 nitrogen and oxygen atoms in total. The van der Waals surface area contributed by atoms with Crippen LogP contribution in [0.3, 0.4) is 0 Å². The van der Waals surface area contributed by atoms with E-state index in [1.165, 1.54) is 6.21 Å². The van der Waals surface area contributed by atoms with Crippen molar-refractivity contribution in [2.45, 2.75) is 19.4 Å². The summed E-state index contributed by atoms with van der Waals surface area (Å²) in [5.41, 5.74) is 1.38. The number of likely N-dealkylation sites (N-methyl/N-ethyl adjacent to an activating group) is 1. The summed E-state index contributed by atoms with van der Waals surface area (Å²) in [6, 6.07) is 3.73. The SMILES string of the molecule is C[N+]1=C(c2cccnc2/C=N/O)OCC1(C)C.[I-]. The highest BCUT2D eigenvalue weighted by molar-refractivity contribution is 5.98. The standard InChI is InChI=1S/C12H15N3O2.HI/c1-12(2)8-17-11(15(12)3)9-5-4-6-13-10(9)7-14-16;/h4-7H,8H2,1-3H3;1H. The van der Waals surface area contributed by atoms with Gasteiger partial charge < -0.3 is 33.9 Å². The number of oxime groups is 1. The van der Waals surface area contributed by atoms with Crippen molar-refractivity contribution in [1.29, 1.82) is 0 Å². The Bertz CT molecular complexity index is 498. The molecular weight excluding hydrogens is 345 g/mol. The fourth-order valence-corrected chi connectivity index (χ4v) is 1.73. The van der Waals surface area contributed by atoms with Gasteiger partial charge in [-0.1, -0.05) is 5.16 Å². The predicted octanol–water partition coefficient (Wildman–Crippen LogP) is -1.91. The summed E-state index contributed by atoms with van der Waals surface area (Å²) in [4.78, 5) is 4.16. The molecule has 0 atom stereocenters. The van der Waals surface area contributed by atoms with Gasteiger partial charge in [0.2, 0.25) is 0 Å². The molecule has 2 rings (SSSR count). The van der Waals surface area contributed by atoms with Gasteiger partial charge in [-0.15, -0.1) is 0 Å². The maximum absolute atomic E-state index is 8.62. The molecule has 1 aliphatic heterocycles. The first-order chi connectivity index (χ1) is 8.06. The second kappa shape index (κ2) is 5.64. The number of halogens is 1. The van der Waals surface area contributed by atoms with Gasteiger partial charge in [-0.3, -0.25) is 4.98 Å². The quantitative estimate of drug-likeness (QED) is 0.220. The van der Waals surface area contributed by atoms with Crippen LogP contribution in [0.2, 0.25) is 0 Å². The lowest BCUT2D eigenvalue weighted by Crippen LogP contribution is -3.00. The average Bonchev–Trinajstić information content (AvgIpc) is 2.56. The largest absolute Gasteiger partial charge is 1.00 e. The number of ether oxygens (including phenoxy) is 1. The number of hydrogen-bond donors (Lipinski definition) is 1. The van der Waals surface area contributed by atoms with Crippen LogP contribution in [0.5, 0.6) is 0 Å². The van der Waals surface area contributed by atoms with E-state index < -0.39 is 0 Å². The van der Waals surface area contributed by atoms with Crippen molar-refractivity contribution >= 4 is 12.1 Å². The van der Waals surface area contributed by atoms with Gasteiger partial charge in [0.25, 0.3) is 0 Å². The van der Waals surface area contributed by atoms with Gasteiger partial charge in [0.05, 0.1) is 6.21 Å². The van der Waals surface area contributed by atoms with E-state index in [0.29, 0.717) is 12.3 Å². The Morgan fingerprint density at radius 2 is 2.28 bits per heavy atom. The summed E-state index contributed by atoms with van der Waals surface area (Å²) in [6.07, 6.45) is 2.96. The first-order valence-electron chi connectivity index (χ1n) is 5.42. The van der Waals surface area contributed by atoms with E-state index >= 15 is 0 Å². The van der Waals surface area contributed by atoms with Gasteiger partial charge in [-0.25, -0.2) is 0 Å². The minimum absolute atomic E-state index is 0. The fourth-order valence-electron chi connectivity index (χ4n) is 1.73. The second-order valence-electron chi connectivity index (χ2n) is 4.65. The van der Waals surface area contributed by atoms with Crippen molar-refractivity contribution in [3.05, 3.63) is 29.6 Å². The molecule has 0 amide bonds. The van der Waals surface area contributed by atoms with Gasteiger partial charge in [0.15, 0.2) is 12.1 Å². The van der Waals surface area contributed by atoms with Crippen LogP contribution in [0.25, 0.3) is 0 Å². The van der Waals surface area contributed by atoms with Crippen molar-refractivity contribution in [2.75, 3.05) is 13.7 Å². The summed E-state index contributed by atoms with van der Waals surface area (Å²) < 4.78 is 7.78. The molecule has 98 valence electrons. The number of nitrogens with zero attached hydrogens (tertiary/aromatic N) is 3. The van der Waals surface area contributed by atoms with Crippen molar-refractivity contribution < 1.29 is 38.5 Å². The molecule has 0 bridgehead atoms. The molecule has 0 spiro atoms. The molecule has 0 fully saturated rings. The molecule has 0 saturated carbocycles. The monoisotopic (exact) mass is 361 g/mol. The van der Waals surface area contributed by atoms with Crippen molar-refractivity contribution in [3.63, 3.8) is 0 Å². The zero-order valence-electron chi connectivity index (χ0n) is 10.6. The van der Waals surface area contributed by atoms with Crippen molar-refractivity contribution in [2.24, 2.45) is 5.16 Å². The molecule has 1 aliphatic rings. The van der Waals surface area contributed by atoms with Crippen LogP contribution in [0, 0.1) is 0 Å². The predicted molar refractivity (Wildman–Crippen MR) is 63.9 cm³/mol. The summed E-state index contributed by atoms with van der Waals surface area (Å²) in [6.45, 7) is 4.84. The lowest BCUT2D eigenvalue weighted by molar-refractivity contribution is -0.562. The highest BCUT2D eigenvalue weighted by Crippen LogP contribution is 2.20. The third kappa shape index (κ3) is 2.63. The van der Waals surface area contributed by atoms with Gasteiger partial charge in [0, 0.05) is 20.0 Å². The molecule has 0 aliphatic carbocycles. The maximum atomic E-state index is 8.62. The lowest BCUT2D eigenvalue weighted by atomic mass is 10.1. The van der Waals surface area contributed by atoms with E-state index in [2.05, 4.69) is 28.6 Å². The number of rotatable bonds is 2. The molecule has 1 aromatic heterocycles. The minimum atomic E-state index is -0.0429. The van der Waals surface area contributed by atoms with Gasteiger partial charge in [-0.2, -0.15) is 4.58 Å². The van der Waals surface area contributed by atoms with Crippen LogP contribution < -0.4 is 24.0 Å². The van der Waals surface area contributed by atoms with Crippen molar-refractivity contribution in [3.8, 4) is 0 Å². The number of pyridine rings is 1. The number of hydrogen-bond acceptors (Lipinski definition) is 4. The van der Waals surface area contributed by atoms with E-state index in [9.17, 15) is 0 Å². The highest BCUT2D eigenvalue weighted by atomic mass is 127. The Kier molecular flexibility index (Phi) is 4.66. The van der Waals surface area contributed by atoms with Crippen LogP contribution in [-0.2, 0) is 4.74 Å². The zero-order chi connectivity index (χ0) is 12.5. The Balaban J connectivity index is 0.00000162. The molecule has 0 unspecified atom stereocenters. The van der Waals surface area contributed by atoms with Gasteiger partial charge >= 0.3 is 5.90 Å². The van der Waals surface area contributed by atoms with Crippen LogP contribution >= 0.6 is 0 Å². The van der Waals surface area contributed by atoms with E-state index in [1.54, 1.807) is 6.20 Å². The molecule has 1 N–H and O–H groups in total. The molecular formula is C12H16IN3O2. The summed E-state index contributed by atoms with van der Waals surface area (Å²) in [5, 5.41) is 11.6. The summed E-state index contributed by atoms with van der Waals surface area (Å²) in [5.74, 6) is 0.762. The van der Waals surface area contributed by atoms with Gasteiger partial charge in [-0.05, 0) is 12.1 Å². The molecule has 0 aromatic carbocycles. The van der Waals surface area contributed by atoms with E-state index in [0.717, 1.165) is 11.5 Å². The topological polar surface area (TPSA) is 57.7 Å². The first kappa shape index (κ1) is 14.9. The van der Waals surface area contributed by atoms with Crippen LogP contribution in [0.4, 0.5) is 0 Å².